The van der Waals surface area contributed by atoms with E-state index < -0.39 is 29.6 Å². The average Bonchev–Trinajstić information content (AvgIpc) is 2.73. The van der Waals surface area contributed by atoms with Crippen LogP contribution in [0.5, 0.6) is 0 Å². The number of likely N-dealkylation sites (tertiary alicyclic amines) is 1. The number of hydrogen-bond donors (Lipinski definition) is 1. The number of nitrogens with zero attached hydrogens (tertiary/aromatic N) is 1. The lowest BCUT2D eigenvalue weighted by atomic mass is 9.65. The van der Waals surface area contributed by atoms with Gasteiger partial charge in [-0.2, -0.15) is 0 Å². The van der Waals surface area contributed by atoms with Gasteiger partial charge in [0.05, 0.1) is 6.54 Å². The number of halogens is 5. The van der Waals surface area contributed by atoms with Crippen LogP contribution in [0.15, 0.2) is 18.2 Å². The molecule has 1 aromatic rings. The highest BCUT2D eigenvalue weighted by Gasteiger charge is 2.50. The summed E-state index contributed by atoms with van der Waals surface area (Å²) in [6.07, 6.45) is 4.07. The Labute approximate surface area is 185 Å². The molecule has 0 bridgehead atoms. The maximum atomic E-state index is 14.6. The Balaban J connectivity index is 1.25. The molecule has 0 radical (unpaired) electrons. The van der Waals surface area contributed by atoms with E-state index in [-0.39, 0.29) is 29.5 Å². The second-order valence-corrected chi connectivity index (χ2v) is 10.1. The van der Waals surface area contributed by atoms with Gasteiger partial charge in [-0.05, 0) is 62.1 Å². The fraction of sp³-hybridized carbons (Fsp3) is 0.708. The Hall–Kier alpha value is -1.70. The molecule has 3 fully saturated rings. The number of rotatable bonds is 6. The second kappa shape index (κ2) is 9.27. The van der Waals surface area contributed by atoms with Gasteiger partial charge < -0.3 is 5.32 Å². The molecule has 0 unspecified atom stereocenters. The highest BCUT2D eigenvalue weighted by molar-refractivity contribution is 5.92. The summed E-state index contributed by atoms with van der Waals surface area (Å²) in [6, 6.07) is 2.88. The second-order valence-electron chi connectivity index (χ2n) is 10.1. The van der Waals surface area contributed by atoms with Gasteiger partial charge in [-0.25, -0.2) is 22.0 Å². The fourth-order valence-electron chi connectivity index (χ4n) is 5.83. The Bertz CT molecular complexity index is 809. The van der Waals surface area contributed by atoms with Gasteiger partial charge >= 0.3 is 0 Å². The van der Waals surface area contributed by atoms with Crippen molar-refractivity contribution in [2.75, 3.05) is 25.0 Å². The highest BCUT2D eigenvalue weighted by atomic mass is 19.3. The molecule has 0 aromatic heterocycles. The first-order valence-corrected chi connectivity index (χ1v) is 11.7. The largest absolute Gasteiger partial charge is 0.326 e. The van der Waals surface area contributed by atoms with Crippen LogP contribution in [0, 0.1) is 23.1 Å². The zero-order valence-corrected chi connectivity index (χ0v) is 18.2. The fourth-order valence-corrected chi connectivity index (χ4v) is 5.83. The first-order valence-electron chi connectivity index (χ1n) is 11.7. The number of nitrogens with one attached hydrogen (secondary N) is 1. The van der Waals surface area contributed by atoms with Crippen molar-refractivity contribution in [2.45, 2.75) is 70.1 Å². The van der Waals surface area contributed by atoms with E-state index in [1.807, 2.05) is 4.90 Å². The standard InChI is InChI=1S/C24H31F5N2O/c25-19-10-17(21(26)27)11-20(12-19)30-22(32)16-6-8-23(9-7-16)13-31(14-23)15-24(28,29)18-4-2-1-3-5-18/h10-12,16,18,21H,1-9,13-15H2,(H,30,32). The summed E-state index contributed by atoms with van der Waals surface area (Å²) >= 11 is 0. The third kappa shape index (κ3) is 5.26. The quantitative estimate of drug-likeness (QED) is 0.500. The number of carbonyl (C=O) groups is 1. The van der Waals surface area contributed by atoms with Gasteiger partial charge in [0.2, 0.25) is 5.91 Å². The van der Waals surface area contributed by atoms with Gasteiger partial charge in [0.15, 0.2) is 0 Å². The number of benzene rings is 1. The van der Waals surface area contributed by atoms with E-state index in [0.717, 1.165) is 50.3 Å². The summed E-state index contributed by atoms with van der Waals surface area (Å²) < 4.78 is 68.6. The molecule has 1 saturated heterocycles. The minimum absolute atomic E-state index is 0.00112. The lowest BCUT2D eigenvalue weighted by Crippen LogP contribution is -2.61. The van der Waals surface area contributed by atoms with Gasteiger partial charge in [0.1, 0.15) is 5.82 Å². The molecule has 0 atom stereocenters. The molecule has 3 aliphatic rings. The van der Waals surface area contributed by atoms with Gasteiger partial charge in [0.25, 0.3) is 12.3 Å². The van der Waals surface area contributed by atoms with Crippen LogP contribution in [0.2, 0.25) is 0 Å². The smallest absolute Gasteiger partial charge is 0.264 e. The van der Waals surface area contributed by atoms with Crippen LogP contribution in [0.1, 0.15) is 69.8 Å². The molecule has 1 aliphatic heterocycles. The molecule has 4 rings (SSSR count). The van der Waals surface area contributed by atoms with Crippen molar-refractivity contribution in [3.63, 3.8) is 0 Å². The number of carbonyl (C=O) groups excluding carboxylic acids is 1. The van der Waals surface area contributed by atoms with E-state index in [4.69, 9.17) is 0 Å². The minimum atomic E-state index is -2.82. The Kier molecular flexibility index (Phi) is 6.80. The summed E-state index contributed by atoms with van der Waals surface area (Å²) in [7, 11) is 0. The maximum absolute atomic E-state index is 14.6. The lowest BCUT2D eigenvalue weighted by Gasteiger charge is -2.54. The molecule has 1 amide bonds. The number of alkyl halides is 4. The molecule has 2 saturated carbocycles. The average molecular weight is 459 g/mol. The summed E-state index contributed by atoms with van der Waals surface area (Å²) in [4.78, 5) is 14.4. The Morgan fingerprint density at radius 1 is 1.06 bits per heavy atom. The monoisotopic (exact) mass is 458 g/mol. The van der Waals surface area contributed by atoms with Gasteiger partial charge in [-0.3, -0.25) is 9.69 Å². The molecule has 1 spiro atoms. The molecule has 32 heavy (non-hydrogen) atoms. The number of anilines is 1. The normalized spacial score (nSPS) is 22.8. The van der Waals surface area contributed by atoms with E-state index >= 15 is 0 Å². The van der Waals surface area contributed by atoms with Crippen molar-refractivity contribution < 1.29 is 26.7 Å². The topological polar surface area (TPSA) is 32.3 Å². The van der Waals surface area contributed by atoms with Crippen molar-refractivity contribution in [1.82, 2.24) is 4.90 Å². The molecule has 1 N–H and O–H groups in total. The molecule has 178 valence electrons. The van der Waals surface area contributed by atoms with Crippen LogP contribution in [-0.2, 0) is 4.79 Å². The molecule has 8 heteroatoms. The Morgan fingerprint density at radius 2 is 1.72 bits per heavy atom. The first kappa shape index (κ1) is 23.5. The molecule has 2 aliphatic carbocycles. The minimum Gasteiger partial charge on any atom is -0.326 e. The van der Waals surface area contributed by atoms with Gasteiger partial charge in [-0.15, -0.1) is 0 Å². The predicted octanol–water partition coefficient (Wildman–Crippen LogP) is 6.41. The summed E-state index contributed by atoms with van der Waals surface area (Å²) in [5.74, 6) is -4.54. The van der Waals surface area contributed by atoms with Crippen LogP contribution in [-0.4, -0.2) is 36.4 Å². The molecule has 1 heterocycles. The molecular formula is C24H31F5N2O. The van der Waals surface area contributed by atoms with Crippen molar-refractivity contribution >= 4 is 11.6 Å². The summed E-state index contributed by atoms with van der Waals surface area (Å²) in [6.45, 7) is 1.12. The maximum Gasteiger partial charge on any atom is 0.264 e. The van der Waals surface area contributed by atoms with Crippen LogP contribution in [0.25, 0.3) is 0 Å². The predicted molar refractivity (Wildman–Crippen MR) is 112 cm³/mol. The zero-order valence-electron chi connectivity index (χ0n) is 18.2. The van der Waals surface area contributed by atoms with Crippen LogP contribution in [0.3, 0.4) is 0 Å². The van der Waals surface area contributed by atoms with Crippen LogP contribution >= 0.6 is 0 Å². The molecule has 3 nitrogen and oxygen atoms in total. The Morgan fingerprint density at radius 3 is 2.34 bits per heavy atom. The van der Waals surface area contributed by atoms with Gasteiger partial charge in [-0.1, -0.05) is 19.3 Å². The highest BCUT2D eigenvalue weighted by Crippen LogP contribution is 2.47. The van der Waals surface area contributed by atoms with Crippen molar-refractivity contribution in [1.29, 1.82) is 0 Å². The van der Waals surface area contributed by atoms with E-state index in [9.17, 15) is 26.7 Å². The van der Waals surface area contributed by atoms with Gasteiger partial charge in [0, 0.05) is 36.2 Å². The van der Waals surface area contributed by atoms with E-state index in [1.54, 1.807) is 0 Å². The van der Waals surface area contributed by atoms with E-state index in [1.165, 1.54) is 0 Å². The van der Waals surface area contributed by atoms with E-state index in [0.29, 0.717) is 38.8 Å². The summed E-state index contributed by atoms with van der Waals surface area (Å²) in [5, 5.41) is 2.57. The first-order chi connectivity index (χ1) is 15.2. The van der Waals surface area contributed by atoms with Crippen molar-refractivity contribution in [2.24, 2.45) is 17.3 Å². The lowest BCUT2D eigenvalue weighted by molar-refractivity contribution is -0.138. The third-order valence-corrected chi connectivity index (χ3v) is 7.61. The summed E-state index contributed by atoms with van der Waals surface area (Å²) in [5.41, 5.74) is -0.436. The number of amides is 1. The third-order valence-electron chi connectivity index (χ3n) is 7.61. The van der Waals surface area contributed by atoms with Crippen molar-refractivity contribution in [3.05, 3.63) is 29.6 Å². The van der Waals surface area contributed by atoms with Crippen LogP contribution < -0.4 is 5.32 Å². The zero-order chi connectivity index (χ0) is 22.9. The SMILES string of the molecule is O=C(Nc1cc(F)cc(C(F)F)c1)C1CCC2(CC1)CN(CC(F)(F)C1CCCCC1)C2. The van der Waals surface area contributed by atoms with E-state index in [2.05, 4.69) is 5.32 Å². The van der Waals surface area contributed by atoms with Crippen LogP contribution in [0.4, 0.5) is 27.6 Å². The number of hydrogen-bond acceptors (Lipinski definition) is 2. The van der Waals surface area contributed by atoms with Crippen molar-refractivity contribution in [3.8, 4) is 0 Å². The molecular weight excluding hydrogens is 427 g/mol. The molecule has 1 aromatic carbocycles.